The highest BCUT2D eigenvalue weighted by Crippen LogP contribution is 2.36. The zero-order valence-electron chi connectivity index (χ0n) is 16.5. The molecule has 150 valence electrons. The molecule has 3 aromatic carbocycles. The normalized spacial score (nSPS) is 11.0. The van der Waals surface area contributed by atoms with E-state index in [1.165, 1.54) is 17.4 Å². The van der Waals surface area contributed by atoms with E-state index in [1.54, 1.807) is 0 Å². The first-order valence-electron chi connectivity index (χ1n) is 9.58. The molecule has 0 saturated heterocycles. The average molecular weight is 423 g/mol. The predicted molar refractivity (Wildman–Crippen MR) is 127 cm³/mol. The van der Waals surface area contributed by atoms with E-state index in [9.17, 15) is 4.79 Å². The van der Waals surface area contributed by atoms with E-state index in [1.807, 2.05) is 48.5 Å². The maximum atomic E-state index is 11.1. The Morgan fingerprint density at radius 1 is 0.806 bits per heavy atom. The number of carboxylic acid groups (broad SMARTS) is 1. The monoisotopic (exact) mass is 422 g/mol. The minimum absolute atomic E-state index is 0.287. The first-order chi connectivity index (χ1) is 15.2. The van der Waals surface area contributed by atoms with Gasteiger partial charge < -0.3 is 10.0 Å². The third kappa shape index (κ3) is 4.55. The summed E-state index contributed by atoms with van der Waals surface area (Å²) in [5.74, 6) is -1.21. The smallest absolute Gasteiger partial charge is 0.333 e. The van der Waals surface area contributed by atoms with Gasteiger partial charge in [0.25, 0.3) is 5.70 Å². The van der Waals surface area contributed by atoms with Crippen LogP contribution in [0.2, 0.25) is 0 Å². The van der Waals surface area contributed by atoms with Crippen molar-refractivity contribution in [3.63, 3.8) is 0 Å². The van der Waals surface area contributed by atoms with Gasteiger partial charge in [0.2, 0.25) is 0 Å². The standard InChI is InChI=1S/C26H18N2O2S/c1-27-24(26(29)30)18-23-16-17-25(31-23)19-12-14-22(15-13-19)28(20-8-4-2-5-9-20)21-10-6-3-7-11-21/h2-18H,(H,29,30). The van der Waals surface area contributed by atoms with Crippen molar-refractivity contribution < 1.29 is 9.90 Å². The predicted octanol–water partition coefficient (Wildman–Crippen LogP) is 7.23. The van der Waals surface area contributed by atoms with Gasteiger partial charge in [-0.25, -0.2) is 4.85 Å². The van der Waals surface area contributed by atoms with Crippen LogP contribution in [0.15, 0.2) is 103 Å². The minimum atomic E-state index is -1.21. The molecule has 0 aliphatic heterocycles. The molecule has 0 unspecified atom stereocenters. The molecule has 0 bridgehead atoms. The largest absolute Gasteiger partial charge is 0.486 e. The van der Waals surface area contributed by atoms with Gasteiger partial charge in [-0.1, -0.05) is 48.5 Å². The fourth-order valence-corrected chi connectivity index (χ4v) is 4.19. The second kappa shape index (κ2) is 9.12. The zero-order chi connectivity index (χ0) is 21.6. The zero-order valence-corrected chi connectivity index (χ0v) is 17.3. The van der Waals surface area contributed by atoms with E-state index in [0.29, 0.717) is 0 Å². The molecular formula is C26H18N2O2S. The lowest BCUT2D eigenvalue weighted by Gasteiger charge is -2.25. The van der Waals surface area contributed by atoms with Crippen LogP contribution in [0.25, 0.3) is 21.4 Å². The lowest BCUT2D eigenvalue weighted by molar-refractivity contribution is -0.132. The molecule has 0 aliphatic rings. The van der Waals surface area contributed by atoms with Gasteiger partial charge in [0.15, 0.2) is 0 Å². The fourth-order valence-electron chi connectivity index (χ4n) is 3.24. The molecule has 1 heterocycles. The molecule has 5 heteroatoms. The summed E-state index contributed by atoms with van der Waals surface area (Å²) in [5, 5.41) is 9.05. The van der Waals surface area contributed by atoms with Crippen LogP contribution >= 0.6 is 11.3 Å². The highest BCUT2D eigenvalue weighted by molar-refractivity contribution is 7.16. The van der Waals surface area contributed by atoms with Crippen LogP contribution in [0.1, 0.15) is 4.88 Å². The van der Waals surface area contributed by atoms with Gasteiger partial charge in [0, 0.05) is 26.8 Å². The molecule has 4 nitrogen and oxygen atoms in total. The summed E-state index contributed by atoms with van der Waals surface area (Å²) in [7, 11) is 0. The summed E-state index contributed by atoms with van der Waals surface area (Å²) in [6.45, 7) is 6.99. The van der Waals surface area contributed by atoms with E-state index in [-0.39, 0.29) is 5.70 Å². The van der Waals surface area contributed by atoms with E-state index >= 15 is 0 Å². The minimum Gasteiger partial charge on any atom is -0.486 e. The van der Waals surface area contributed by atoms with Gasteiger partial charge in [0.05, 0.1) is 6.57 Å². The van der Waals surface area contributed by atoms with Crippen molar-refractivity contribution in [2.45, 2.75) is 0 Å². The molecule has 0 spiro atoms. The second-order valence-corrected chi connectivity index (χ2v) is 7.82. The molecule has 0 amide bonds. The van der Waals surface area contributed by atoms with E-state index in [0.717, 1.165) is 32.4 Å². The molecule has 0 fully saturated rings. The number of carbonyl (C=O) groups is 1. The molecule has 4 rings (SSSR count). The summed E-state index contributed by atoms with van der Waals surface area (Å²) < 4.78 is 0. The van der Waals surface area contributed by atoms with Gasteiger partial charge >= 0.3 is 5.97 Å². The van der Waals surface area contributed by atoms with Crippen molar-refractivity contribution in [1.29, 1.82) is 0 Å². The van der Waals surface area contributed by atoms with Crippen LogP contribution in [-0.2, 0) is 4.79 Å². The quantitative estimate of drug-likeness (QED) is 0.263. The molecule has 0 radical (unpaired) electrons. The Morgan fingerprint density at radius 2 is 1.35 bits per heavy atom. The molecule has 31 heavy (non-hydrogen) atoms. The molecule has 0 saturated carbocycles. The van der Waals surface area contributed by atoms with Gasteiger partial charge in [-0.3, -0.25) is 4.79 Å². The lowest BCUT2D eigenvalue weighted by atomic mass is 10.1. The molecule has 0 aliphatic carbocycles. The second-order valence-electron chi connectivity index (χ2n) is 6.70. The maximum Gasteiger partial charge on any atom is 0.333 e. The number of aliphatic carboxylic acids is 1. The van der Waals surface area contributed by atoms with Crippen LogP contribution in [0.5, 0.6) is 0 Å². The Hall–Kier alpha value is -4.14. The Bertz CT molecular complexity index is 1210. The molecule has 4 aromatic rings. The summed E-state index contributed by atoms with van der Waals surface area (Å²) >= 11 is 1.46. The van der Waals surface area contributed by atoms with Crippen molar-refractivity contribution in [3.8, 4) is 10.4 Å². The molecule has 0 atom stereocenters. The fraction of sp³-hybridized carbons (Fsp3) is 0. The number of carboxylic acids is 1. The third-order valence-electron chi connectivity index (χ3n) is 4.68. The first kappa shape index (κ1) is 20.1. The van der Waals surface area contributed by atoms with Gasteiger partial charge in [-0.05, 0) is 60.2 Å². The van der Waals surface area contributed by atoms with Crippen molar-refractivity contribution in [2.24, 2.45) is 0 Å². The molecule has 1 aromatic heterocycles. The third-order valence-corrected chi connectivity index (χ3v) is 5.77. The molecular weight excluding hydrogens is 404 g/mol. The number of nitrogens with zero attached hydrogens (tertiary/aromatic N) is 2. The summed E-state index contributed by atoms with van der Waals surface area (Å²) in [4.78, 5) is 18.1. The van der Waals surface area contributed by atoms with E-state index in [4.69, 9.17) is 11.7 Å². The van der Waals surface area contributed by atoms with Gasteiger partial charge in [-0.15, -0.1) is 11.3 Å². The Kier molecular flexibility index (Phi) is 5.93. The molecule has 1 N–H and O–H groups in total. The van der Waals surface area contributed by atoms with Crippen LogP contribution in [0.4, 0.5) is 17.1 Å². The number of rotatable bonds is 6. The highest BCUT2D eigenvalue weighted by atomic mass is 32.1. The number of thiophene rings is 1. The number of hydrogen-bond acceptors (Lipinski definition) is 3. The first-order valence-corrected chi connectivity index (χ1v) is 10.4. The van der Waals surface area contributed by atoms with Gasteiger partial charge in [0.1, 0.15) is 0 Å². The summed E-state index contributed by atoms with van der Waals surface area (Å²) in [6, 6.07) is 32.5. The van der Waals surface area contributed by atoms with Crippen LogP contribution in [0.3, 0.4) is 0 Å². The van der Waals surface area contributed by atoms with Crippen molar-refractivity contribution in [1.82, 2.24) is 0 Å². The van der Waals surface area contributed by atoms with Crippen LogP contribution < -0.4 is 4.90 Å². The van der Waals surface area contributed by atoms with Crippen LogP contribution in [0, 0.1) is 6.57 Å². The van der Waals surface area contributed by atoms with Crippen molar-refractivity contribution in [3.05, 3.63) is 119 Å². The van der Waals surface area contributed by atoms with Crippen molar-refractivity contribution >= 4 is 40.4 Å². The van der Waals surface area contributed by atoms with Crippen molar-refractivity contribution in [2.75, 3.05) is 4.90 Å². The topological polar surface area (TPSA) is 44.9 Å². The summed E-state index contributed by atoms with van der Waals surface area (Å²) in [6.07, 6.45) is 1.41. The van der Waals surface area contributed by atoms with Crippen LogP contribution in [-0.4, -0.2) is 11.1 Å². The number of anilines is 3. The van der Waals surface area contributed by atoms with Gasteiger partial charge in [-0.2, -0.15) is 0 Å². The number of para-hydroxylation sites is 2. The van der Waals surface area contributed by atoms with E-state index < -0.39 is 5.97 Å². The lowest BCUT2D eigenvalue weighted by Crippen LogP contribution is -2.09. The number of benzene rings is 3. The average Bonchev–Trinajstić information content (AvgIpc) is 3.28. The van der Waals surface area contributed by atoms with E-state index in [2.05, 4.69) is 58.3 Å². The number of hydrogen-bond donors (Lipinski definition) is 1. The maximum absolute atomic E-state index is 11.1. The Balaban J connectivity index is 1.66. The summed E-state index contributed by atoms with van der Waals surface area (Å²) in [5.41, 5.74) is 3.94. The SMILES string of the molecule is [C-]#[N+]C(=Cc1ccc(-c2ccc(N(c3ccccc3)c3ccccc3)cc2)s1)C(=O)O. The Morgan fingerprint density at radius 3 is 1.87 bits per heavy atom. The highest BCUT2D eigenvalue weighted by Gasteiger charge is 2.13. The Labute approximate surface area is 184 Å².